The van der Waals surface area contributed by atoms with Crippen LogP contribution < -0.4 is 4.74 Å². The second kappa shape index (κ2) is 7.33. The van der Waals surface area contributed by atoms with E-state index >= 15 is 0 Å². The van der Waals surface area contributed by atoms with Crippen molar-refractivity contribution in [3.8, 4) is 5.75 Å². The fourth-order valence-corrected chi connectivity index (χ4v) is 3.34. The standard InChI is InChI=1S/C14H17NO5S/c1-19-14(20-10-5-3-2-4-6-10)13-15(7-8-21-13)11(16)9-12(17)18/h2-6,13-14H,7-9H2,1H3,(H,17,18)/t13-,14+/m1/s1. The van der Waals surface area contributed by atoms with Crippen LogP contribution in [0, 0.1) is 0 Å². The zero-order valence-corrected chi connectivity index (χ0v) is 12.4. The first kappa shape index (κ1) is 15.7. The van der Waals surface area contributed by atoms with Gasteiger partial charge in [0.05, 0.1) is 0 Å². The lowest BCUT2D eigenvalue weighted by atomic mass is 10.3. The molecule has 1 aromatic rings. The third kappa shape index (κ3) is 4.12. The Hall–Kier alpha value is -1.73. The molecule has 2 atom stereocenters. The van der Waals surface area contributed by atoms with Crippen LogP contribution in [-0.2, 0) is 14.3 Å². The molecule has 1 heterocycles. The summed E-state index contributed by atoms with van der Waals surface area (Å²) in [6, 6.07) is 9.17. The van der Waals surface area contributed by atoms with Gasteiger partial charge in [0.15, 0.2) is 0 Å². The van der Waals surface area contributed by atoms with Crippen molar-refractivity contribution in [2.45, 2.75) is 18.1 Å². The number of para-hydroxylation sites is 1. The fraction of sp³-hybridized carbons (Fsp3) is 0.429. The van der Waals surface area contributed by atoms with E-state index < -0.39 is 24.6 Å². The van der Waals surface area contributed by atoms with Crippen LogP contribution in [0.1, 0.15) is 6.42 Å². The summed E-state index contributed by atoms with van der Waals surface area (Å²) in [5.74, 6) is -0.180. The van der Waals surface area contributed by atoms with Gasteiger partial charge in [-0.15, -0.1) is 11.8 Å². The van der Waals surface area contributed by atoms with E-state index in [0.717, 1.165) is 5.75 Å². The molecule has 1 amide bonds. The molecule has 0 bridgehead atoms. The minimum atomic E-state index is -1.13. The number of carbonyl (C=O) groups excluding carboxylic acids is 1. The average Bonchev–Trinajstić information content (AvgIpc) is 2.94. The molecule has 0 saturated carbocycles. The van der Waals surface area contributed by atoms with Gasteiger partial charge in [-0.3, -0.25) is 9.59 Å². The molecule has 0 aromatic heterocycles. The van der Waals surface area contributed by atoms with Gasteiger partial charge in [-0.05, 0) is 12.1 Å². The maximum absolute atomic E-state index is 12.0. The summed E-state index contributed by atoms with van der Waals surface area (Å²) in [6.45, 7) is 0.499. The number of nitrogens with zero attached hydrogens (tertiary/aromatic N) is 1. The van der Waals surface area contributed by atoms with Gasteiger partial charge in [0, 0.05) is 19.4 Å². The Morgan fingerprint density at radius 1 is 1.43 bits per heavy atom. The zero-order chi connectivity index (χ0) is 15.2. The molecule has 1 aliphatic heterocycles. The minimum Gasteiger partial charge on any atom is -0.481 e. The van der Waals surface area contributed by atoms with E-state index in [1.54, 1.807) is 12.1 Å². The molecule has 1 aromatic carbocycles. The Bertz CT molecular complexity index is 495. The Labute approximate surface area is 127 Å². The smallest absolute Gasteiger partial charge is 0.312 e. The number of thioether (sulfide) groups is 1. The Balaban J connectivity index is 2.05. The Morgan fingerprint density at radius 2 is 2.14 bits per heavy atom. The van der Waals surface area contributed by atoms with Gasteiger partial charge in [0.25, 0.3) is 0 Å². The van der Waals surface area contributed by atoms with E-state index in [2.05, 4.69) is 0 Å². The summed E-state index contributed by atoms with van der Waals surface area (Å²) in [6.07, 6.45) is -1.16. The van der Waals surface area contributed by atoms with Gasteiger partial charge in [0.1, 0.15) is 17.5 Å². The van der Waals surface area contributed by atoms with Gasteiger partial charge >= 0.3 is 5.97 Å². The first-order valence-electron chi connectivity index (χ1n) is 6.49. The second-order valence-corrected chi connectivity index (χ2v) is 5.68. The lowest BCUT2D eigenvalue weighted by molar-refractivity contribution is -0.148. The molecular formula is C14H17NO5S. The van der Waals surface area contributed by atoms with E-state index in [-0.39, 0.29) is 5.37 Å². The van der Waals surface area contributed by atoms with Crippen LogP contribution >= 0.6 is 11.8 Å². The van der Waals surface area contributed by atoms with Crippen LogP contribution in [0.3, 0.4) is 0 Å². The molecule has 1 fully saturated rings. The summed E-state index contributed by atoms with van der Waals surface area (Å²) in [7, 11) is 1.51. The minimum absolute atomic E-state index is 0.345. The summed E-state index contributed by atoms with van der Waals surface area (Å²) >= 11 is 1.52. The SMILES string of the molecule is CO[C@@H](Oc1ccccc1)[C@H]1SCCN1C(=O)CC(=O)O. The van der Waals surface area contributed by atoms with Crippen molar-refractivity contribution in [3.05, 3.63) is 30.3 Å². The lowest BCUT2D eigenvalue weighted by Crippen LogP contribution is -2.45. The highest BCUT2D eigenvalue weighted by atomic mass is 32.2. The molecule has 7 heteroatoms. The number of amides is 1. The van der Waals surface area contributed by atoms with E-state index in [1.165, 1.54) is 23.8 Å². The largest absolute Gasteiger partial charge is 0.481 e. The molecule has 0 radical (unpaired) electrons. The number of hydrogen-bond acceptors (Lipinski definition) is 5. The molecule has 0 spiro atoms. The highest BCUT2D eigenvalue weighted by Crippen LogP contribution is 2.29. The molecule has 1 aliphatic rings. The highest BCUT2D eigenvalue weighted by molar-refractivity contribution is 8.00. The van der Waals surface area contributed by atoms with Crippen LogP contribution in [0.5, 0.6) is 5.75 Å². The molecule has 0 aliphatic carbocycles. The molecule has 114 valence electrons. The van der Waals surface area contributed by atoms with E-state index in [0.29, 0.717) is 12.3 Å². The van der Waals surface area contributed by atoms with Crippen LogP contribution in [0.25, 0.3) is 0 Å². The quantitative estimate of drug-likeness (QED) is 0.632. The van der Waals surface area contributed by atoms with Crippen molar-refractivity contribution in [1.29, 1.82) is 0 Å². The van der Waals surface area contributed by atoms with Crippen molar-refractivity contribution in [1.82, 2.24) is 4.90 Å². The number of carbonyl (C=O) groups is 2. The highest BCUT2D eigenvalue weighted by Gasteiger charge is 2.37. The predicted octanol–water partition coefficient (Wildman–Crippen LogP) is 1.41. The fourth-order valence-electron chi connectivity index (χ4n) is 2.07. The van der Waals surface area contributed by atoms with Crippen LogP contribution in [0.15, 0.2) is 30.3 Å². The Morgan fingerprint density at radius 3 is 2.76 bits per heavy atom. The molecule has 1 N–H and O–H groups in total. The topological polar surface area (TPSA) is 76.1 Å². The van der Waals surface area contributed by atoms with Gasteiger partial charge < -0.3 is 19.5 Å². The maximum Gasteiger partial charge on any atom is 0.312 e. The summed E-state index contributed by atoms with van der Waals surface area (Å²) in [5, 5.41) is 8.40. The molecular weight excluding hydrogens is 294 g/mol. The van der Waals surface area contributed by atoms with Crippen LogP contribution in [0.2, 0.25) is 0 Å². The Kier molecular flexibility index (Phi) is 5.46. The summed E-state index contributed by atoms with van der Waals surface area (Å²) in [4.78, 5) is 24.2. The summed E-state index contributed by atoms with van der Waals surface area (Å²) < 4.78 is 11.1. The number of rotatable bonds is 6. The van der Waals surface area contributed by atoms with Crippen molar-refractivity contribution in [3.63, 3.8) is 0 Å². The first-order chi connectivity index (χ1) is 10.1. The summed E-state index contributed by atoms with van der Waals surface area (Å²) in [5.41, 5.74) is 0. The van der Waals surface area contributed by atoms with Crippen molar-refractivity contribution in [2.75, 3.05) is 19.4 Å². The maximum atomic E-state index is 12.0. The number of carboxylic acids is 1. The van der Waals surface area contributed by atoms with E-state index in [1.807, 2.05) is 18.2 Å². The normalized spacial score (nSPS) is 19.3. The number of benzene rings is 1. The van der Waals surface area contributed by atoms with E-state index in [4.69, 9.17) is 14.6 Å². The number of hydrogen-bond donors (Lipinski definition) is 1. The molecule has 0 unspecified atom stereocenters. The molecule has 2 rings (SSSR count). The van der Waals surface area contributed by atoms with Gasteiger partial charge in [-0.1, -0.05) is 18.2 Å². The third-order valence-electron chi connectivity index (χ3n) is 3.01. The van der Waals surface area contributed by atoms with Crippen LogP contribution in [0.4, 0.5) is 0 Å². The number of aliphatic carboxylic acids is 1. The van der Waals surface area contributed by atoms with Gasteiger partial charge in [-0.2, -0.15) is 0 Å². The van der Waals surface area contributed by atoms with Crippen molar-refractivity contribution >= 4 is 23.6 Å². The zero-order valence-electron chi connectivity index (χ0n) is 11.6. The number of carboxylic acid groups (broad SMARTS) is 1. The number of ether oxygens (including phenoxy) is 2. The van der Waals surface area contributed by atoms with Crippen molar-refractivity contribution < 1.29 is 24.2 Å². The molecule has 1 saturated heterocycles. The molecule has 21 heavy (non-hydrogen) atoms. The van der Waals surface area contributed by atoms with Gasteiger partial charge in [-0.25, -0.2) is 0 Å². The lowest BCUT2D eigenvalue weighted by Gasteiger charge is -2.29. The molecule has 6 nitrogen and oxygen atoms in total. The predicted molar refractivity (Wildman–Crippen MR) is 78.1 cm³/mol. The van der Waals surface area contributed by atoms with Gasteiger partial charge in [0.2, 0.25) is 12.2 Å². The monoisotopic (exact) mass is 311 g/mol. The van der Waals surface area contributed by atoms with E-state index in [9.17, 15) is 9.59 Å². The third-order valence-corrected chi connectivity index (χ3v) is 4.25. The van der Waals surface area contributed by atoms with Crippen molar-refractivity contribution in [2.24, 2.45) is 0 Å². The first-order valence-corrected chi connectivity index (χ1v) is 7.54. The number of methoxy groups -OCH3 is 1. The average molecular weight is 311 g/mol. The van der Waals surface area contributed by atoms with Crippen LogP contribution in [-0.4, -0.2) is 53.0 Å². The second-order valence-electron chi connectivity index (χ2n) is 4.45.